The van der Waals surface area contributed by atoms with Crippen LogP contribution in [-0.4, -0.2) is 4.57 Å². The molecule has 0 spiro atoms. The molecule has 0 radical (unpaired) electrons. The second-order valence-corrected chi connectivity index (χ2v) is 11.8. The number of rotatable bonds is 6. The van der Waals surface area contributed by atoms with Crippen molar-refractivity contribution in [3.8, 4) is 11.1 Å². The van der Waals surface area contributed by atoms with Crippen LogP contribution in [0, 0.1) is 0 Å². The smallest absolute Gasteiger partial charge is 0.169 e. The summed E-state index contributed by atoms with van der Waals surface area (Å²) < 4.78 is 17.9. The maximum atomic E-state index is 15.7. The van der Waals surface area contributed by atoms with Crippen LogP contribution in [0.3, 0.4) is 0 Å². The fourth-order valence-corrected chi connectivity index (χ4v) is 8.38. The van der Waals surface area contributed by atoms with Gasteiger partial charge in [-0.1, -0.05) is 140 Å². The van der Waals surface area contributed by atoms with Gasteiger partial charge in [0.15, 0.2) is 7.14 Å². The summed E-state index contributed by atoms with van der Waals surface area (Å²) >= 11 is 0. The van der Waals surface area contributed by atoms with Crippen LogP contribution in [0.25, 0.3) is 22.0 Å². The van der Waals surface area contributed by atoms with Crippen LogP contribution in [0.4, 0.5) is 0 Å². The third kappa shape index (κ3) is 3.81. The molecule has 1 heterocycles. The first-order valence-corrected chi connectivity index (χ1v) is 14.0. The van der Waals surface area contributed by atoms with Crippen LogP contribution >= 0.6 is 7.14 Å². The molecule has 0 N–H and O–H groups in total. The lowest BCUT2D eigenvalue weighted by atomic mass is 10.1. The van der Waals surface area contributed by atoms with Gasteiger partial charge < -0.3 is 9.13 Å². The van der Waals surface area contributed by atoms with Gasteiger partial charge in [-0.25, -0.2) is 0 Å². The third-order valence-electron chi connectivity index (χ3n) is 6.81. The zero-order chi connectivity index (χ0) is 24.4. The van der Waals surface area contributed by atoms with Crippen molar-refractivity contribution in [3.63, 3.8) is 0 Å². The second kappa shape index (κ2) is 9.49. The Hall–Kier alpha value is -4.13. The number of benzene rings is 5. The highest BCUT2D eigenvalue weighted by Crippen LogP contribution is 2.59. The molecule has 6 aromatic rings. The third-order valence-corrected chi connectivity index (χ3v) is 10.2. The number of aromatic nitrogens is 1. The lowest BCUT2D eigenvalue weighted by Gasteiger charge is -2.31. The largest absolute Gasteiger partial charge is 0.332 e. The molecule has 1 aromatic heterocycles. The van der Waals surface area contributed by atoms with Crippen LogP contribution < -0.4 is 10.6 Å². The van der Waals surface area contributed by atoms with Crippen LogP contribution in [-0.2, 0) is 4.57 Å². The molecule has 0 amide bonds. The number of hydrogen-bond donors (Lipinski definition) is 0. The van der Waals surface area contributed by atoms with Crippen LogP contribution in [0.15, 0.2) is 152 Å². The summed E-state index contributed by atoms with van der Waals surface area (Å²) in [6, 6.07) is 49.1. The average molecular weight is 484 g/mol. The average Bonchev–Trinajstić information content (AvgIpc) is 3.34. The number of para-hydroxylation sites is 1. The van der Waals surface area contributed by atoms with E-state index < -0.39 is 12.9 Å². The minimum absolute atomic E-state index is 0.411. The Kier molecular flexibility index (Phi) is 5.89. The molecule has 0 aliphatic carbocycles. The van der Waals surface area contributed by atoms with E-state index in [1.54, 1.807) is 0 Å². The molecule has 6 rings (SSSR count). The molecule has 1 atom stereocenters. The lowest BCUT2D eigenvalue weighted by molar-refractivity contribution is 0.571. The Balaban J connectivity index is 1.71. The van der Waals surface area contributed by atoms with Gasteiger partial charge in [-0.05, 0) is 17.2 Å². The van der Waals surface area contributed by atoms with Crippen molar-refractivity contribution >= 4 is 28.7 Å². The van der Waals surface area contributed by atoms with E-state index in [0.717, 1.165) is 38.2 Å². The van der Waals surface area contributed by atoms with E-state index in [1.165, 1.54) is 0 Å². The Bertz CT molecular complexity index is 1600. The van der Waals surface area contributed by atoms with Crippen LogP contribution in [0.5, 0.6) is 0 Å². The molecular weight excluding hydrogens is 457 g/mol. The second-order valence-electron chi connectivity index (χ2n) is 8.95. The van der Waals surface area contributed by atoms with E-state index in [2.05, 4.69) is 71.4 Å². The molecule has 36 heavy (non-hydrogen) atoms. The number of nitrogens with zero attached hydrogens (tertiary/aromatic N) is 1. The van der Waals surface area contributed by atoms with Gasteiger partial charge >= 0.3 is 0 Å². The van der Waals surface area contributed by atoms with E-state index in [4.69, 9.17) is 0 Å². The lowest BCUT2D eigenvalue weighted by Crippen LogP contribution is -2.25. The molecule has 2 nitrogen and oxygen atoms in total. The number of hydrogen-bond acceptors (Lipinski definition) is 1. The van der Waals surface area contributed by atoms with Crippen LogP contribution in [0.1, 0.15) is 11.3 Å². The van der Waals surface area contributed by atoms with Crippen molar-refractivity contribution < 1.29 is 4.57 Å². The predicted octanol–water partition coefficient (Wildman–Crippen LogP) is 7.87. The van der Waals surface area contributed by atoms with Crippen molar-refractivity contribution in [2.45, 2.75) is 5.78 Å². The standard InChI is InChI=1S/C33H26NOP/c35-36(28-19-9-3-10-20-28,29-21-11-4-12-22-29)33(27-17-7-2-8-18-27)34-25-31(26-15-5-1-6-16-26)30-23-13-14-24-32(30)34/h1-25,33H. The van der Waals surface area contributed by atoms with Crippen molar-refractivity contribution in [3.05, 3.63) is 157 Å². The van der Waals surface area contributed by atoms with E-state index in [0.29, 0.717) is 0 Å². The van der Waals surface area contributed by atoms with Gasteiger partial charge in [0, 0.05) is 33.3 Å². The Labute approximate surface area is 211 Å². The van der Waals surface area contributed by atoms with Gasteiger partial charge in [0.1, 0.15) is 5.78 Å². The summed E-state index contributed by atoms with van der Waals surface area (Å²) in [4.78, 5) is 0. The maximum Gasteiger partial charge on any atom is 0.169 e. The molecule has 0 aliphatic rings. The SMILES string of the molecule is O=P(c1ccccc1)(c1ccccc1)C(c1ccccc1)n1cc(-c2ccccc2)c2ccccc21. The summed E-state index contributed by atoms with van der Waals surface area (Å²) in [6.45, 7) is 0. The Morgan fingerprint density at radius 1 is 0.528 bits per heavy atom. The first-order valence-electron chi connectivity index (χ1n) is 12.2. The molecule has 5 aromatic carbocycles. The van der Waals surface area contributed by atoms with Gasteiger partial charge in [-0.3, -0.25) is 0 Å². The fraction of sp³-hybridized carbons (Fsp3) is 0.0303. The first kappa shape index (κ1) is 22.3. The summed E-state index contributed by atoms with van der Waals surface area (Å²) in [5, 5.41) is 2.85. The van der Waals surface area contributed by atoms with Crippen molar-refractivity contribution in [1.29, 1.82) is 0 Å². The van der Waals surface area contributed by atoms with Gasteiger partial charge in [-0.2, -0.15) is 0 Å². The van der Waals surface area contributed by atoms with Gasteiger partial charge in [0.2, 0.25) is 0 Å². The Morgan fingerprint density at radius 3 is 1.58 bits per heavy atom. The molecule has 0 bridgehead atoms. The molecule has 0 aliphatic heterocycles. The highest BCUT2D eigenvalue weighted by molar-refractivity contribution is 7.79. The Morgan fingerprint density at radius 2 is 1.00 bits per heavy atom. The summed E-state index contributed by atoms with van der Waals surface area (Å²) in [5.41, 5.74) is 4.37. The van der Waals surface area contributed by atoms with E-state index >= 15 is 4.57 Å². The summed E-state index contributed by atoms with van der Waals surface area (Å²) in [5.74, 6) is -0.411. The highest BCUT2D eigenvalue weighted by Gasteiger charge is 2.39. The quantitative estimate of drug-likeness (QED) is 0.221. The van der Waals surface area contributed by atoms with E-state index in [-0.39, 0.29) is 0 Å². The first-order chi connectivity index (χ1) is 17.8. The topological polar surface area (TPSA) is 22.0 Å². The minimum Gasteiger partial charge on any atom is -0.332 e. The van der Waals surface area contributed by atoms with Crippen LogP contribution in [0.2, 0.25) is 0 Å². The summed E-state index contributed by atoms with van der Waals surface area (Å²) in [7, 11) is -3.20. The molecule has 0 fully saturated rings. The zero-order valence-electron chi connectivity index (χ0n) is 19.8. The van der Waals surface area contributed by atoms with Gasteiger partial charge in [-0.15, -0.1) is 0 Å². The molecule has 0 saturated heterocycles. The molecule has 3 heteroatoms. The highest BCUT2D eigenvalue weighted by atomic mass is 31.2. The molecule has 174 valence electrons. The van der Waals surface area contributed by atoms with Crippen molar-refractivity contribution in [2.24, 2.45) is 0 Å². The summed E-state index contributed by atoms with van der Waals surface area (Å²) in [6.07, 6.45) is 2.19. The van der Waals surface area contributed by atoms with Crippen molar-refractivity contribution in [2.75, 3.05) is 0 Å². The predicted molar refractivity (Wildman–Crippen MR) is 152 cm³/mol. The molecule has 1 unspecified atom stereocenters. The van der Waals surface area contributed by atoms with E-state index in [9.17, 15) is 0 Å². The zero-order valence-corrected chi connectivity index (χ0v) is 20.7. The molecule has 0 saturated carbocycles. The fourth-order valence-electron chi connectivity index (χ4n) is 5.16. The minimum atomic E-state index is -3.20. The monoisotopic (exact) mass is 483 g/mol. The molecular formula is C33H26NOP. The van der Waals surface area contributed by atoms with Crippen molar-refractivity contribution in [1.82, 2.24) is 4.57 Å². The maximum absolute atomic E-state index is 15.7. The van der Waals surface area contributed by atoms with Gasteiger partial charge in [0.25, 0.3) is 0 Å². The number of fused-ring (bicyclic) bond motifs is 1. The normalized spacial score (nSPS) is 12.4. The van der Waals surface area contributed by atoms with E-state index in [1.807, 2.05) is 84.9 Å². The van der Waals surface area contributed by atoms with Gasteiger partial charge in [0.05, 0.1) is 0 Å².